The van der Waals surface area contributed by atoms with E-state index in [1.165, 1.54) is 32.0 Å². The molecule has 1 aliphatic rings. The molecule has 2 rings (SSSR count). The molecule has 1 aromatic rings. The first-order chi connectivity index (χ1) is 8.31. The molecule has 0 aromatic carbocycles. The van der Waals surface area contributed by atoms with Crippen LogP contribution in [0, 0.1) is 5.53 Å². The van der Waals surface area contributed by atoms with Gasteiger partial charge in [-0.15, -0.1) is 0 Å². The number of rotatable bonds is 3. The zero-order valence-corrected chi connectivity index (χ0v) is 9.82. The Morgan fingerprint density at radius 1 is 1.24 bits per heavy atom. The number of hydrogen-bond acceptors (Lipinski definition) is 6. The highest BCUT2D eigenvalue weighted by molar-refractivity contribution is 5.71. The minimum Gasteiger partial charge on any atom is -0.382 e. The molecule has 6 nitrogen and oxygen atoms in total. The van der Waals surface area contributed by atoms with Crippen LogP contribution in [0.15, 0.2) is 11.4 Å². The SMILES string of the molecule is N=Nc1c(N)ncnc1NC1CCCCCC1. The summed E-state index contributed by atoms with van der Waals surface area (Å²) in [5.74, 6) is 0.838. The van der Waals surface area contributed by atoms with Gasteiger partial charge in [0.2, 0.25) is 0 Å². The van der Waals surface area contributed by atoms with Gasteiger partial charge in [0.1, 0.15) is 6.33 Å². The zero-order chi connectivity index (χ0) is 12.1. The first-order valence-corrected chi connectivity index (χ1v) is 6.05. The summed E-state index contributed by atoms with van der Waals surface area (Å²) >= 11 is 0. The molecule has 1 fully saturated rings. The lowest BCUT2D eigenvalue weighted by atomic mass is 10.1. The molecule has 0 radical (unpaired) electrons. The Balaban J connectivity index is 2.11. The second-order valence-corrected chi connectivity index (χ2v) is 4.40. The number of anilines is 2. The highest BCUT2D eigenvalue weighted by atomic mass is 15.1. The maximum atomic E-state index is 7.11. The van der Waals surface area contributed by atoms with E-state index in [1.807, 2.05) is 0 Å². The number of nitrogen functional groups attached to an aromatic ring is 1. The molecule has 0 atom stereocenters. The van der Waals surface area contributed by atoms with Gasteiger partial charge in [-0.1, -0.05) is 25.7 Å². The quantitative estimate of drug-likeness (QED) is 0.553. The molecule has 6 heteroatoms. The number of hydrogen-bond donors (Lipinski definition) is 3. The fourth-order valence-electron chi connectivity index (χ4n) is 2.23. The number of nitrogens with two attached hydrogens (primary N) is 1. The van der Waals surface area contributed by atoms with Gasteiger partial charge in [0.25, 0.3) is 0 Å². The average molecular weight is 234 g/mol. The van der Waals surface area contributed by atoms with Crippen LogP contribution in [-0.4, -0.2) is 16.0 Å². The lowest BCUT2D eigenvalue weighted by Gasteiger charge is -2.17. The van der Waals surface area contributed by atoms with Crippen molar-refractivity contribution in [3.05, 3.63) is 6.33 Å². The van der Waals surface area contributed by atoms with E-state index in [9.17, 15) is 0 Å². The van der Waals surface area contributed by atoms with Crippen LogP contribution in [-0.2, 0) is 0 Å². The first-order valence-electron chi connectivity index (χ1n) is 6.05. The van der Waals surface area contributed by atoms with Crippen molar-refractivity contribution >= 4 is 17.3 Å². The standard InChI is InChI=1S/C11H18N6/c12-10-9(17-13)11(15-7-14-10)16-8-5-3-1-2-4-6-8/h7-8,13H,1-6H2,(H3,12,14,15,16). The molecule has 0 unspecified atom stereocenters. The maximum Gasteiger partial charge on any atom is 0.169 e. The highest BCUT2D eigenvalue weighted by Gasteiger charge is 2.15. The fourth-order valence-corrected chi connectivity index (χ4v) is 2.23. The van der Waals surface area contributed by atoms with Crippen molar-refractivity contribution in [2.45, 2.75) is 44.6 Å². The summed E-state index contributed by atoms with van der Waals surface area (Å²) in [5.41, 5.74) is 13.1. The molecule has 0 spiro atoms. The molecular weight excluding hydrogens is 216 g/mol. The van der Waals surface area contributed by atoms with Gasteiger partial charge in [0.15, 0.2) is 17.3 Å². The minimum absolute atomic E-state index is 0.256. The minimum atomic E-state index is 0.256. The van der Waals surface area contributed by atoms with Gasteiger partial charge >= 0.3 is 0 Å². The summed E-state index contributed by atoms with van der Waals surface area (Å²) in [7, 11) is 0. The number of nitrogens with zero attached hydrogens (tertiary/aromatic N) is 3. The van der Waals surface area contributed by atoms with E-state index in [-0.39, 0.29) is 5.82 Å². The molecule has 0 saturated heterocycles. The molecule has 1 aromatic heterocycles. The number of aromatic nitrogens is 2. The second-order valence-electron chi connectivity index (χ2n) is 4.40. The van der Waals surface area contributed by atoms with E-state index in [2.05, 4.69) is 20.4 Å². The lowest BCUT2D eigenvalue weighted by molar-refractivity contribution is 0.617. The van der Waals surface area contributed by atoms with E-state index in [0.29, 0.717) is 17.5 Å². The van der Waals surface area contributed by atoms with Crippen molar-refractivity contribution in [2.24, 2.45) is 5.11 Å². The van der Waals surface area contributed by atoms with Gasteiger partial charge in [-0.2, -0.15) is 5.11 Å². The summed E-state index contributed by atoms with van der Waals surface area (Å²) in [6.45, 7) is 0. The molecule has 0 amide bonds. The molecule has 92 valence electrons. The Kier molecular flexibility index (Phi) is 3.85. The van der Waals surface area contributed by atoms with E-state index in [1.54, 1.807) is 0 Å². The van der Waals surface area contributed by atoms with Crippen LogP contribution in [0.4, 0.5) is 17.3 Å². The van der Waals surface area contributed by atoms with E-state index < -0.39 is 0 Å². The monoisotopic (exact) mass is 234 g/mol. The summed E-state index contributed by atoms with van der Waals surface area (Å²) < 4.78 is 0. The Hall–Kier alpha value is -1.72. The topological polar surface area (TPSA) is 100 Å². The van der Waals surface area contributed by atoms with Gasteiger partial charge in [-0.25, -0.2) is 15.5 Å². The molecule has 1 aliphatic carbocycles. The summed E-state index contributed by atoms with van der Waals surface area (Å²) in [5, 5.41) is 6.73. The molecule has 0 aliphatic heterocycles. The van der Waals surface area contributed by atoms with Crippen molar-refractivity contribution in [3.63, 3.8) is 0 Å². The Morgan fingerprint density at radius 3 is 2.59 bits per heavy atom. The molecule has 1 heterocycles. The molecule has 1 saturated carbocycles. The predicted molar refractivity (Wildman–Crippen MR) is 66.4 cm³/mol. The number of nitrogens with one attached hydrogen (secondary N) is 2. The van der Waals surface area contributed by atoms with Gasteiger partial charge in [0.05, 0.1) is 0 Å². The van der Waals surface area contributed by atoms with Gasteiger partial charge < -0.3 is 11.1 Å². The third-order valence-electron chi connectivity index (χ3n) is 3.16. The molecule has 0 bridgehead atoms. The Morgan fingerprint density at radius 2 is 1.94 bits per heavy atom. The van der Waals surface area contributed by atoms with Crippen LogP contribution in [0.25, 0.3) is 0 Å². The average Bonchev–Trinajstić information content (AvgIpc) is 2.58. The third-order valence-corrected chi connectivity index (χ3v) is 3.16. The zero-order valence-electron chi connectivity index (χ0n) is 9.82. The van der Waals surface area contributed by atoms with Gasteiger partial charge in [0, 0.05) is 6.04 Å². The molecule has 4 N–H and O–H groups in total. The third kappa shape index (κ3) is 2.89. The van der Waals surface area contributed by atoms with Gasteiger partial charge in [-0.3, -0.25) is 0 Å². The fraction of sp³-hybridized carbons (Fsp3) is 0.636. The largest absolute Gasteiger partial charge is 0.382 e. The maximum absolute atomic E-state index is 7.11. The molecule has 17 heavy (non-hydrogen) atoms. The van der Waals surface area contributed by atoms with Crippen LogP contribution < -0.4 is 11.1 Å². The van der Waals surface area contributed by atoms with E-state index in [0.717, 1.165) is 12.8 Å². The predicted octanol–water partition coefficient (Wildman–Crippen LogP) is 2.86. The van der Waals surface area contributed by atoms with Crippen molar-refractivity contribution in [1.82, 2.24) is 9.97 Å². The Bertz CT molecular complexity index is 384. The van der Waals surface area contributed by atoms with Crippen LogP contribution >= 0.6 is 0 Å². The van der Waals surface area contributed by atoms with Crippen LogP contribution in [0.1, 0.15) is 38.5 Å². The van der Waals surface area contributed by atoms with Crippen molar-refractivity contribution in [1.29, 1.82) is 5.53 Å². The van der Waals surface area contributed by atoms with Crippen LogP contribution in [0.3, 0.4) is 0 Å². The summed E-state index contributed by atoms with van der Waals surface area (Å²) in [6.07, 6.45) is 8.78. The van der Waals surface area contributed by atoms with Gasteiger partial charge in [-0.05, 0) is 12.8 Å². The van der Waals surface area contributed by atoms with Crippen molar-refractivity contribution < 1.29 is 0 Å². The normalized spacial score (nSPS) is 17.4. The smallest absolute Gasteiger partial charge is 0.169 e. The van der Waals surface area contributed by atoms with Crippen molar-refractivity contribution in [3.8, 4) is 0 Å². The Labute approximate surface area is 101 Å². The lowest BCUT2D eigenvalue weighted by Crippen LogP contribution is -2.19. The van der Waals surface area contributed by atoms with Crippen LogP contribution in [0.5, 0.6) is 0 Å². The van der Waals surface area contributed by atoms with E-state index >= 15 is 0 Å². The summed E-state index contributed by atoms with van der Waals surface area (Å²) in [6, 6.07) is 0.410. The highest BCUT2D eigenvalue weighted by Crippen LogP contribution is 2.29. The first kappa shape index (κ1) is 11.8. The second kappa shape index (κ2) is 5.56. The molecular formula is C11H18N6. The van der Waals surface area contributed by atoms with Crippen LogP contribution in [0.2, 0.25) is 0 Å². The van der Waals surface area contributed by atoms with Crippen molar-refractivity contribution in [2.75, 3.05) is 11.1 Å². The summed E-state index contributed by atoms with van der Waals surface area (Å²) in [4.78, 5) is 7.95. The van der Waals surface area contributed by atoms with E-state index in [4.69, 9.17) is 11.3 Å².